The van der Waals surface area contributed by atoms with Crippen LogP contribution in [0.5, 0.6) is 11.5 Å². The van der Waals surface area contributed by atoms with Gasteiger partial charge in [0.05, 0.1) is 0 Å². The summed E-state index contributed by atoms with van der Waals surface area (Å²) in [5.41, 5.74) is -0.159. The molecule has 0 bridgehead atoms. The molecule has 2 aromatic rings. The molecule has 0 atom stereocenters. The molecule has 0 aromatic heterocycles. The number of benzene rings is 2. The Morgan fingerprint density at radius 1 is 0.852 bits per heavy atom. The minimum atomic E-state index is -3.62. The Bertz CT molecular complexity index is 732. The predicted octanol–water partition coefficient (Wildman–Crippen LogP) is 5.15. The average molecular weight is 388 g/mol. The first-order valence-electron chi connectivity index (χ1n) is 9.31. The van der Waals surface area contributed by atoms with E-state index in [0.717, 1.165) is 12.8 Å². The number of para-hydroxylation sites is 2. The number of hydrogen-bond donors (Lipinski definition) is 2. The summed E-state index contributed by atoms with van der Waals surface area (Å²) in [5.74, 6) is 1.02. The van der Waals surface area contributed by atoms with Gasteiger partial charge < -0.3 is 14.4 Å². The molecule has 3 rings (SSSR count). The monoisotopic (exact) mass is 388 g/mol. The van der Waals surface area contributed by atoms with Crippen LogP contribution in [0, 0.1) is 0 Å². The largest absolute Gasteiger partial charge is 0.513 e. The molecule has 0 amide bonds. The molecular formula is C21H29N2O3P. The molecule has 0 spiro atoms. The molecule has 2 N–H and O–H groups in total. The Morgan fingerprint density at radius 3 is 1.67 bits per heavy atom. The van der Waals surface area contributed by atoms with Gasteiger partial charge in [-0.2, -0.15) is 5.09 Å². The first kappa shape index (κ1) is 19.9. The first-order chi connectivity index (χ1) is 12.6. The van der Waals surface area contributed by atoms with E-state index in [-0.39, 0.29) is 17.1 Å². The zero-order chi connectivity index (χ0) is 19.5. The summed E-state index contributed by atoms with van der Waals surface area (Å²) in [6.45, 7) is 8.63. The molecule has 5 nitrogen and oxygen atoms in total. The molecule has 6 heteroatoms. The lowest BCUT2D eigenvalue weighted by Crippen LogP contribution is -2.61. The molecule has 1 heterocycles. The highest BCUT2D eigenvalue weighted by Crippen LogP contribution is 2.47. The van der Waals surface area contributed by atoms with Crippen LogP contribution in [0.25, 0.3) is 0 Å². The zero-order valence-corrected chi connectivity index (χ0v) is 17.3. The van der Waals surface area contributed by atoms with E-state index in [9.17, 15) is 4.57 Å². The molecule has 27 heavy (non-hydrogen) atoms. The fraction of sp³-hybridized carbons (Fsp3) is 0.429. The van der Waals surface area contributed by atoms with Crippen molar-refractivity contribution in [3.05, 3.63) is 60.7 Å². The Balaban J connectivity index is 1.84. The van der Waals surface area contributed by atoms with Crippen molar-refractivity contribution in [2.45, 2.75) is 57.7 Å². The summed E-state index contributed by atoms with van der Waals surface area (Å²) < 4.78 is 25.4. The highest BCUT2D eigenvalue weighted by Gasteiger charge is 2.42. The molecule has 2 aromatic carbocycles. The van der Waals surface area contributed by atoms with Crippen LogP contribution in [0.4, 0.5) is 0 Å². The van der Waals surface area contributed by atoms with Gasteiger partial charge in [-0.15, -0.1) is 0 Å². The third-order valence-electron chi connectivity index (χ3n) is 4.47. The van der Waals surface area contributed by atoms with E-state index in [1.807, 2.05) is 36.4 Å². The summed E-state index contributed by atoms with van der Waals surface area (Å²) >= 11 is 0. The van der Waals surface area contributed by atoms with Crippen molar-refractivity contribution in [1.29, 1.82) is 0 Å². The zero-order valence-electron chi connectivity index (χ0n) is 16.4. The number of piperidine rings is 1. The summed E-state index contributed by atoms with van der Waals surface area (Å²) in [6.07, 6.45) is 1.63. The van der Waals surface area contributed by atoms with Crippen LogP contribution in [0.3, 0.4) is 0 Å². The fourth-order valence-electron chi connectivity index (χ4n) is 3.95. The number of rotatable bonds is 6. The topological polar surface area (TPSA) is 59.6 Å². The van der Waals surface area contributed by atoms with Crippen LogP contribution in [0.15, 0.2) is 60.7 Å². The predicted molar refractivity (Wildman–Crippen MR) is 109 cm³/mol. The van der Waals surface area contributed by atoms with Gasteiger partial charge in [0.15, 0.2) is 0 Å². The Kier molecular flexibility index (Phi) is 5.66. The smallest absolute Gasteiger partial charge is 0.405 e. The van der Waals surface area contributed by atoms with Crippen molar-refractivity contribution in [3.63, 3.8) is 0 Å². The van der Waals surface area contributed by atoms with Crippen molar-refractivity contribution < 1.29 is 13.6 Å². The lowest BCUT2D eigenvalue weighted by molar-refractivity contribution is 0.153. The molecule has 1 aliphatic rings. The van der Waals surface area contributed by atoms with Crippen molar-refractivity contribution in [1.82, 2.24) is 10.4 Å². The van der Waals surface area contributed by atoms with Crippen LogP contribution in [-0.4, -0.2) is 17.1 Å². The van der Waals surface area contributed by atoms with Gasteiger partial charge in [0.1, 0.15) is 11.5 Å². The van der Waals surface area contributed by atoms with Gasteiger partial charge in [-0.3, -0.25) is 0 Å². The molecule has 0 radical (unpaired) electrons. The van der Waals surface area contributed by atoms with Gasteiger partial charge in [0, 0.05) is 17.1 Å². The molecule has 0 saturated carbocycles. The molecule has 1 fully saturated rings. The van der Waals surface area contributed by atoms with Crippen molar-refractivity contribution >= 4 is 7.75 Å². The van der Waals surface area contributed by atoms with Gasteiger partial charge >= 0.3 is 7.75 Å². The van der Waals surface area contributed by atoms with E-state index in [1.165, 1.54) is 0 Å². The SMILES string of the molecule is CC1(C)CC(NP(=O)(Oc2ccccc2)Oc2ccccc2)CC(C)(C)N1. The molecule has 1 saturated heterocycles. The van der Waals surface area contributed by atoms with Crippen LogP contribution < -0.4 is 19.5 Å². The third kappa shape index (κ3) is 5.83. The second-order valence-corrected chi connectivity index (χ2v) is 10.1. The van der Waals surface area contributed by atoms with E-state index in [4.69, 9.17) is 9.05 Å². The van der Waals surface area contributed by atoms with E-state index >= 15 is 0 Å². The summed E-state index contributed by atoms with van der Waals surface area (Å²) in [6, 6.07) is 18.3. The van der Waals surface area contributed by atoms with Crippen molar-refractivity contribution in [2.24, 2.45) is 0 Å². The third-order valence-corrected chi connectivity index (χ3v) is 6.05. The lowest BCUT2D eigenvalue weighted by Gasteiger charge is -2.46. The highest BCUT2D eigenvalue weighted by atomic mass is 31.2. The maximum atomic E-state index is 13.7. The summed E-state index contributed by atoms with van der Waals surface area (Å²) in [4.78, 5) is 0. The number of nitrogens with one attached hydrogen (secondary N) is 2. The van der Waals surface area contributed by atoms with Crippen molar-refractivity contribution in [3.8, 4) is 11.5 Å². The van der Waals surface area contributed by atoms with Gasteiger partial charge in [-0.25, -0.2) is 4.57 Å². The minimum Gasteiger partial charge on any atom is -0.405 e. The number of hydrogen-bond acceptors (Lipinski definition) is 4. The molecule has 1 aliphatic heterocycles. The molecular weight excluding hydrogens is 359 g/mol. The van der Waals surface area contributed by atoms with Gasteiger partial charge in [0.25, 0.3) is 0 Å². The van der Waals surface area contributed by atoms with Gasteiger partial charge in [0.2, 0.25) is 0 Å². The van der Waals surface area contributed by atoms with Crippen molar-refractivity contribution in [2.75, 3.05) is 0 Å². The Hall–Kier alpha value is -1.81. The Labute approximate surface area is 162 Å². The van der Waals surface area contributed by atoms with Crippen LogP contribution in [0.2, 0.25) is 0 Å². The average Bonchev–Trinajstić information content (AvgIpc) is 2.53. The maximum absolute atomic E-state index is 13.7. The molecule has 146 valence electrons. The van der Waals surface area contributed by atoms with Crippen LogP contribution in [-0.2, 0) is 4.57 Å². The van der Waals surface area contributed by atoms with Gasteiger partial charge in [-0.1, -0.05) is 36.4 Å². The first-order valence-corrected chi connectivity index (χ1v) is 10.9. The standard InChI is InChI=1S/C21H29N2O3P/c1-20(2)15-17(16-21(3,4)23-20)22-27(24,25-18-11-7-5-8-12-18)26-19-13-9-6-10-14-19/h5-14,17,23H,15-16H2,1-4H3,(H,22,24). The summed E-state index contributed by atoms with van der Waals surface area (Å²) in [7, 11) is -3.62. The van der Waals surface area contributed by atoms with Crippen LogP contribution in [0.1, 0.15) is 40.5 Å². The van der Waals surface area contributed by atoms with E-state index < -0.39 is 7.75 Å². The lowest BCUT2D eigenvalue weighted by atomic mass is 9.80. The fourth-order valence-corrected chi connectivity index (χ4v) is 5.52. The highest BCUT2D eigenvalue weighted by molar-refractivity contribution is 7.52. The minimum absolute atomic E-state index is 0.00509. The van der Waals surface area contributed by atoms with Gasteiger partial charge in [-0.05, 0) is 64.8 Å². The summed E-state index contributed by atoms with van der Waals surface area (Å²) in [5, 5.41) is 6.85. The van der Waals surface area contributed by atoms with E-state index in [2.05, 4.69) is 38.1 Å². The normalized spacial score (nSPS) is 19.4. The second kappa shape index (κ2) is 7.67. The maximum Gasteiger partial charge on any atom is 0.513 e. The Morgan fingerprint density at radius 2 is 1.26 bits per heavy atom. The van der Waals surface area contributed by atoms with Crippen LogP contribution >= 0.6 is 7.75 Å². The van der Waals surface area contributed by atoms with E-state index in [0.29, 0.717) is 11.5 Å². The molecule has 0 unspecified atom stereocenters. The van der Waals surface area contributed by atoms with E-state index in [1.54, 1.807) is 24.3 Å². The second-order valence-electron chi connectivity index (χ2n) is 8.43. The molecule has 0 aliphatic carbocycles. The quantitative estimate of drug-likeness (QED) is 0.670.